The van der Waals surface area contributed by atoms with E-state index in [9.17, 15) is 14.4 Å². The van der Waals surface area contributed by atoms with Crippen LogP contribution < -0.4 is 16.2 Å². The Bertz CT molecular complexity index is 969. The van der Waals surface area contributed by atoms with Gasteiger partial charge in [-0.25, -0.2) is 4.98 Å². The average Bonchev–Trinajstić information content (AvgIpc) is 3.49. The fourth-order valence-electron chi connectivity index (χ4n) is 4.22. The number of nitrogens with zero attached hydrogens (tertiary/aromatic N) is 3. The Morgan fingerprint density at radius 3 is 2.60 bits per heavy atom. The first-order valence-electron chi connectivity index (χ1n) is 10.8. The molecule has 2 heterocycles. The van der Waals surface area contributed by atoms with Gasteiger partial charge in [0.25, 0.3) is 11.5 Å². The summed E-state index contributed by atoms with van der Waals surface area (Å²) in [6.45, 7) is -0.128. The number of imidazole rings is 1. The van der Waals surface area contributed by atoms with E-state index < -0.39 is 5.56 Å². The van der Waals surface area contributed by atoms with Gasteiger partial charge in [-0.15, -0.1) is 0 Å². The second-order valence-electron chi connectivity index (χ2n) is 8.44. The minimum Gasteiger partial charge on any atom is -0.349 e. The van der Waals surface area contributed by atoms with Crippen molar-refractivity contribution >= 4 is 11.8 Å². The zero-order valence-corrected chi connectivity index (χ0v) is 17.3. The molecule has 0 bridgehead atoms. The van der Waals surface area contributed by atoms with E-state index in [1.165, 1.54) is 17.1 Å². The normalized spacial score (nSPS) is 18.0. The van der Waals surface area contributed by atoms with Crippen molar-refractivity contribution in [3.8, 4) is 0 Å². The molecule has 0 spiro atoms. The third kappa shape index (κ3) is 4.63. The highest BCUT2D eigenvalue weighted by molar-refractivity contribution is 5.94. The van der Waals surface area contributed by atoms with Crippen LogP contribution in [-0.2, 0) is 18.4 Å². The molecule has 160 valence electrons. The summed E-state index contributed by atoms with van der Waals surface area (Å²) in [5.41, 5.74) is -0.361. The zero-order valence-electron chi connectivity index (χ0n) is 17.3. The number of hydrogen-bond acceptors (Lipinski definition) is 4. The molecule has 4 rings (SSSR count). The Kier molecular flexibility index (Phi) is 6.01. The number of nitrogens with one attached hydrogen (secondary N) is 2. The van der Waals surface area contributed by atoms with Gasteiger partial charge in [0.05, 0.1) is 6.04 Å². The topological polar surface area (TPSA) is 98.0 Å². The van der Waals surface area contributed by atoms with Crippen LogP contribution in [0.15, 0.2) is 35.5 Å². The van der Waals surface area contributed by atoms with E-state index in [1.807, 2.05) is 17.8 Å². The van der Waals surface area contributed by atoms with Crippen LogP contribution >= 0.6 is 0 Å². The molecule has 2 aliphatic carbocycles. The molecule has 2 N–H and O–H groups in total. The Hall–Kier alpha value is -2.90. The van der Waals surface area contributed by atoms with Gasteiger partial charge in [-0.1, -0.05) is 19.3 Å². The van der Waals surface area contributed by atoms with E-state index >= 15 is 0 Å². The molecule has 2 aromatic rings. The molecule has 2 aliphatic rings. The van der Waals surface area contributed by atoms with E-state index in [4.69, 9.17) is 0 Å². The van der Waals surface area contributed by atoms with E-state index in [1.54, 1.807) is 18.5 Å². The monoisotopic (exact) mass is 411 g/mol. The predicted molar refractivity (Wildman–Crippen MR) is 112 cm³/mol. The van der Waals surface area contributed by atoms with Gasteiger partial charge in [-0.3, -0.25) is 14.4 Å². The lowest BCUT2D eigenvalue weighted by Crippen LogP contribution is -2.41. The zero-order chi connectivity index (χ0) is 21.1. The van der Waals surface area contributed by atoms with Crippen LogP contribution in [0.1, 0.15) is 67.2 Å². The fraction of sp³-hybridized carbons (Fsp3) is 0.545. The van der Waals surface area contributed by atoms with Gasteiger partial charge in [0.1, 0.15) is 17.9 Å². The van der Waals surface area contributed by atoms with Crippen molar-refractivity contribution in [2.24, 2.45) is 13.0 Å². The summed E-state index contributed by atoms with van der Waals surface area (Å²) in [6.07, 6.45) is 12.5. The third-order valence-corrected chi connectivity index (χ3v) is 6.07. The molecular formula is C22H29N5O3. The molecule has 1 atom stereocenters. The van der Waals surface area contributed by atoms with E-state index in [0.717, 1.165) is 44.3 Å². The molecule has 2 amide bonds. The lowest BCUT2D eigenvalue weighted by molar-refractivity contribution is -0.122. The molecular weight excluding hydrogens is 382 g/mol. The van der Waals surface area contributed by atoms with Crippen molar-refractivity contribution in [3.05, 3.63) is 52.5 Å². The summed E-state index contributed by atoms with van der Waals surface area (Å²) >= 11 is 0. The van der Waals surface area contributed by atoms with Crippen LogP contribution in [0, 0.1) is 5.92 Å². The van der Waals surface area contributed by atoms with Crippen LogP contribution in [0.4, 0.5) is 0 Å². The molecule has 0 saturated heterocycles. The van der Waals surface area contributed by atoms with Crippen LogP contribution in [0.5, 0.6) is 0 Å². The first-order valence-corrected chi connectivity index (χ1v) is 10.8. The summed E-state index contributed by atoms with van der Waals surface area (Å²) in [4.78, 5) is 42.5. The summed E-state index contributed by atoms with van der Waals surface area (Å²) in [7, 11) is 1.91. The van der Waals surface area contributed by atoms with Gasteiger partial charge in [-0.05, 0) is 43.7 Å². The van der Waals surface area contributed by atoms with Crippen molar-refractivity contribution < 1.29 is 9.59 Å². The predicted octanol–water partition coefficient (Wildman–Crippen LogP) is 1.91. The van der Waals surface area contributed by atoms with Crippen LogP contribution in [-0.4, -0.2) is 32.0 Å². The summed E-state index contributed by atoms with van der Waals surface area (Å²) in [6, 6.07) is 3.13. The van der Waals surface area contributed by atoms with Gasteiger partial charge in [0.15, 0.2) is 0 Å². The van der Waals surface area contributed by atoms with Gasteiger partial charge in [0.2, 0.25) is 5.91 Å². The van der Waals surface area contributed by atoms with E-state index in [2.05, 4.69) is 15.6 Å². The van der Waals surface area contributed by atoms with Gasteiger partial charge < -0.3 is 19.8 Å². The van der Waals surface area contributed by atoms with Crippen molar-refractivity contribution in [2.75, 3.05) is 0 Å². The quantitative estimate of drug-likeness (QED) is 0.727. The molecule has 30 heavy (non-hydrogen) atoms. The third-order valence-electron chi connectivity index (χ3n) is 6.07. The van der Waals surface area contributed by atoms with Gasteiger partial charge in [0, 0.05) is 31.7 Å². The number of rotatable bonds is 7. The highest BCUT2D eigenvalue weighted by atomic mass is 16.2. The number of amides is 2. The summed E-state index contributed by atoms with van der Waals surface area (Å²) in [5, 5.41) is 6.00. The maximum absolute atomic E-state index is 12.8. The Labute approximate surface area is 175 Å². The maximum atomic E-state index is 12.8. The lowest BCUT2D eigenvalue weighted by Gasteiger charge is -2.22. The Balaban J connectivity index is 1.43. The summed E-state index contributed by atoms with van der Waals surface area (Å²) < 4.78 is 3.21. The van der Waals surface area contributed by atoms with Crippen LogP contribution in [0.2, 0.25) is 0 Å². The molecule has 8 nitrogen and oxygen atoms in total. The van der Waals surface area contributed by atoms with E-state index in [-0.39, 0.29) is 36.0 Å². The number of aromatic nitrogens is 3. The highest BCUT2D eigenvalue weighted by Gasteiger charge is 2.35. The molecule has 1 unspecified atom stereocenters. The average molecular weight is 412 g/mol. The van der Waals surface area contributed by atoms with Crippen LogP contribution in [0.3, 0.4) is 0 Å². The minimum atomic E-state index is -0.444. The molecule has 2 saturated carbocycles. The van der Waals surface area contributed by atoms with Crippen LogP contribution in [0.25, 0.3) is 0 Å². The van der Waals surface area contributed by atoms with Crippen molar-refractivity contribution in [2.45, 2.75) is 63.6 Å². The van der Waals surface area contributed by atoms with Gasteiger partial charge >= 0.3 is 0 Å². The fourth-order valence-corrected chi connectivity index (χ4v) is 4.22. The first kappa shape index (κ1) is 20.4. The first-order chi connectivity index (χ1) is 14.5. The second kappa shape index (κ2) is 8.85. The minimum absolute atomic E-state index is 0.0821. The maximum Gasteiger partial charge on any atom is 0.263 e. The Morgan fingerprint density at radius 2 is 1.93 bits per heavy atom. The number of carbonyl (C=O) groups excluding carboxylic acids is 2. The Morgan fingerprint density at radius 1 is 1.17 bits per heavy atom. The van der Waals surface area contributed by atoms with E-state index in [0.29, 0.717) is 5.92 Å². The van der Waals surface area contributed by atoms with Crippen molar-refractivity contribution in [1.29, 1.82) is 0 Å². The SMILES string of the molecule is Cn1ccnc1C(NC(=O)Cn1cccc(C(=O)NC2CCCCC2)c1=O)C1CC1. The summed E-state index contributed by atoms with van der Waals surface area (Å²) in [5.74, 6) is 0.575. The lowest BCUT2D eigenvalue weighted by atomic mass is 9.95. The second-order valence-corrected chi connectivity index (χ2v) is 8.44. The standard InChI is InChI=1S/C22H29N5O3/c1-26-13-11-23-20(26)19(15-9-10-15)25-18(28)14-27-12-5-8-17(22(27)30)21(29)24-16-6-3-2-4-7-16/h5,8,11-13,15-16,19H,2-4,6-7,9-10,14H2,1H3,(H,24,29)(H,25,28). The molecule has 0 aliphatic heterocycles. The number of pyridine rings is 1. The number of aryl methyl sites for hydroxylation is 1. The molecule has 8 heteroatoms. The molecule has 2 fully saturated rings. The number of hydrogen-bond donors (Lipinski definition) is 2. The van der Waals surface area contributed by atoms with Crippen molar-refractivity contribution in [3.63, 3.8) is 0 Å². The smallest absolute Gasteiger partial charge is 0.263 e. The molecule has 2 aromatic heterocycles. The molecule has 0 aromatic carbocycles. The van der Waals surface area contributed by atoms with Gasteiger partial charge in [-0.2, -0.15) is 0 Å². The molecule has 0 radical (unpaired) electrons. The largest absolute Gasteiger partial charge is 0.349 e. The number of carbonyl (C=O) groups is 2. The highest BCUT2D eigenvalue weighted by Crippen LogP contribution is 2.40. The van der Waals surface area contributed by atoms with Crippen molar-refractivity contribution in [1.82, 2.24) is 24.8 Å².